The number of fused-ring (bicyclic) bond motifs is 1. The highest BCUT2D eigenvalue weighted by atomic mass is 35.5. The van der Waals surface area contributed by atoms with E-state index in [0.717, 1.165) is 24.3 Å². The smallest absolute Gasteiger partial charge is 0.222 e. The number of likely N-dealkylation sites (tertiary alicyclic amines) is 1. The molecule has 1 saturated heterocycles. The normalized spacial score (nSPS) is 14.3. The van der Waals surface area contributed by atoms with Crippen molar-refractivity contribution >= 4 is 40.6 Å². The van der Waals surface area contributed by atoms with E-state index in [1.165, 1.54) is 0 Å². The van der Waals surface area contributed by atoms with Crippen LogP contribution in [0.25, 0.3) is 17.0 Å². The standard InChI is InChI=1S/C18H18Cl2N6O/c1-24(7-8-25-6-2-3-17(25)27)16-5-4-15-21-22-18(26(15)23-16)12-9-13(19)11-14(20)10-12/h4-5,9-11H,2-3,6-8H2,1H3. The van der Waals surface area contributed by atoms with Gasteiger partial charge in [-0.2, -0.15) is 4.52 Å². The molecule has 1 aliphatic rings. The quantitative estimate of drug-likeness (QED) is 0.653. The molecular weight excluding hydrogens is 387 g/mol. The van der Waals surface area contributed by atoms with Gasteiger partial charge < -0.3 is 9.80 Å². The van der Waals surface area contributed by atoms with Gasteiger partial charge in [-0.3, -0.25) is 4.79 Å². The van der Waals surface area contributed by atoms with E-state index in [1.54, 1.807) is 22.7 Å². The molecule has 1 aromatic carbocycles. The van der Waals surface area contributed by atoms with Crippen molar-refractivity contribution in [1.82, 2.24) is 24.7 Å². The molecule has 0 saturated carbocycles. The summed E-state index contributed by atoms with van der Waals surface area (Å²) in [5, 5.41) is 14.1. The second-order valence-electron chi connectivity index (χ2n) is 6.55. The van der Waals surface area contributed by atoms with Crippen LogP contribution in [0.4, 0.5) is 5.82 Å². The van der Waals surface area contributed by atoms with Crippen LogP contribution in [0, 0.1) is 0 Å². The summed E-state index contributed by atoms with van der Waals surface area (Å²) in [7, 11) is 1.95. The second kappa shape index (κ2) is 7.32. The summed E-state index contributed by atoms with van der Waals surface area (Å²) >= 11 is 12.2. The lowest BCUT2D eigenvalue weighted by Gasteiger charge is -2.22. The molecule has 3 heterocycles. The molecule has 0 atom stereocenters. The van der Waals surface area contributed by atoms with Crippen LogP contribution in [0.1, 0.15) is 12.8 Å². The van der Waals surface area contributed by atoms with Crippen molar-refractivity contribution in [2.24, 2.45) is 0 Å². The SMILES string of the molecule is CN(CCN1CCCC1=O)c1ccc2nnc(-c3cc(Cl)cc(Cl)c3)n2n1. The minimum absolute atomic E-state index is 0.228. The van der Waals surface area contributed by atoms with Crippen molar-refractivity contribution in [2.75, 3.05) is 31.6 Å². The van der Waals surface area contributed by atoms with Crippen LogP contribution in [0.2, 0.25) is 10.0 Å². The number of amides is 1. The van der Waals surface area contributed by atoms with Gasteiger partial charge in [0.1, 0.15) is 5.82 Å². The minimum Gasteiger partial charge on any atom is -0.356 e. The summed E-state index contributed by atoms with van der Waals surface area (Å²) in [4.78, 5) is 15.7. The van der Waals surface area contributed by atoms with Crippen LogP contribution in [0.3, 0.4) is 0 Å². The summed E-state index contributed by atoms with van der Waals surface area (Å²) in [6, 6.07) is 8.98. The number of carbonyl (C=O) groups excluding carboxylic acids is 1. The van der Waals surface area contributed by atoms with Gasteiger partial charge in [0.2, 0.25) is 5.91 Å². The molecule has 1 fully saturated rings. The first kappa shape index (κ1) is 18.0. The number of anilines is 1. The van der Waals surface area contributed by atoms with Gasteiger partial charge in [-0.15, -0.1) is 15.3 Å². The van der Waals surface area contributed by atoms with Crippen molar-refractivity contribution in [3.05, 3.63) is 40.4 Å². The Morgan fingerprint density at radius 1 is 1.15 bits per heavy atom. The van der Waals surface area contributed by atoms with Gasteiger partial charge in [0, 0.05) is 48.7 Å². The molecule has 27 heavy (non-hydrogen) atoms. The lowest BCUT2D eigenvalue weighted by molar-refractivity contribution is -0.127. The number of hydrogen-bond acceptors (Lipinski definition) is 5. The summed E-state index contributed by atoms with van der Waals surface area (Å²) < 4.78 is 1.68. The maximum absolute atomic E-state index is 11.8. The number of rotatable bonds is 5. The van der Waals surface area contributed by atoms with Crippen LogP contribution >= 0.6 is 23.2 Å². The minimum atomic E-state index is 0.228. The zero-order chi connectivity index (χ0) is 19.0. The molecule has 140 valence electrons. The van der Waals surface area contributed by atoms with Crippen molar-refractivity contribution in [2.45, 2.75) is 12.8 Å². The van der Waals surface area contributed by atoms with Crippen LogP contribution in [-0.2, 0) is 4.79 Å². The summed E-state index contributed by atoms with van der Waals surface area (Å²) in [5.74, 6) is 1.56. The number of hydrogen-bond donors (Lipinski definition) is 0. The van der Waals surface area contributed by atoms with Crippen LogP contribution in [-0.4, -0.2) is 57.3 Å². The molecule has 1 amide bonds. The highest BCUT2D eigenvalue weighted by Crippen LogP contribution is 2.26. The summed E-state index contributed by atoms with van der Waals surface area (Å²) in [6.07, 6.45) is 1.60. The third kappa shape index (κ3) is 3.70. The Balaban J connectivity index is 1.60. The first-order chi connectivity index (χ1) is 13.0. The van der Waals surface area contributed by atoms with Crippen molar-refractivity contribution < 1.29 is 4.79 Å². The third-order valence-corrected chi connectivity index (χ3v) is 5.07. The number of aromatic nitrogens is 4. The molecular formula is C18H18Cl2N6O. The van der Waals surface area contributed by atoms with Gasteiger partial charge in [-0.1, -0.05) is 23.2 Å². The molecule has 0 aliphatic carbocycles. The highest BCUT2D eigenvalue weighted by Gasteiger charge is 2.20. The van der Waals surface area contributed by atoms with Gasteiger partial charge in [0.15, 0.2) is 11.5 Å². The Kier molecular flexibility index (Phi) is 4.88. The predicted octanol–water partition coefficient (Wildman–Crippen LogP) is 3.16. The molecule has 7 nitrogen and oxygen atoms in total. The Morgan fingerprint density at radius 3 is 2.63 bits per heavy atom. The van der Waals surface area contributed by atoms with E-state index in [4.69, 9.17) is 23.2 Å². The molecule has 0 unspecified atom stereocenters. The molecule has 4 rings (SSSR count). The fourth-order valence-electron chi connectivity index (χ4n) is 3.17. The molecule has 0 radical (unpaired) electrons. The van der Waals surface area contributed by atoms with Gasteiger partial charge in [-0.05, 0) is 36.8 Å². The zero-order valence-corrected chi connectivity index (χ0v) is 16.3. The Labute approximate surface area is 166 Å². The predicted molar refractivity (Wildman–Crippen MR) is 105 cm³/mol. The molecule has 3 aromatic rings. The average Bonchev–Trinajstić information content (AvgIpc) is 3.24. The molecule has 0 N–H and O–H groups in total. The maximum Gasteiger partial charge on any atom is 0.222 e. The molecule has 0 spiro atoms. The van der Waals surface area contributed by atoms with Crippen molar-refractivity contribution in [3.8, 4) is 11.4 Å². The third-order valence-electron chi connectivity index (χ3n) is 4.64. The topological polar surface area (TPSA) is 66.6 Å². The van der Waals surface area contributed by atoms with Crippen molar-refractivity contribution in [1.29, 1.82) is 0 Å². The van der Waals surface area contributed by atoms with E-state index in [0.29, 0.717) is 41.0 Å². The highest BCUT2D eigenvalue weighted by molar-refractivity contribution is 6.35. The maximum atomic E-state index is 11.8. The number of halogens is 2. The fourth-order valence-corrected chi connectivity index (χ4v) is 3.70. The molecule has 1 aliphatic heterocycles. The fraction of sp³-hybridized carbons (Fsp3) is 0.333. The van der Waals surface area contributed by atoms with Crippen molar-refractivity contribution in [3.63, 3.8) is 0 Å². The van der Waals surface area contributed by atoms with Gasteiger partial charge in [0.25, 0.3) is 0 Å². The van der Waals surface area contributed by atoms with Gasteiger partial charge in [0.05, 0.1) is 0 Å². The largest absolute Gasteiger partial charge is 0.356 e. The zero-order valence-electron chi connectivity index (χ0n) is 14.8. The lowest BCUT2D eigenvalue weighted by atomic mass is 10.2. The van der Waals surface area contributed by atoms with E-state index in [9.17, 15) is 4.79 Å². The van der Waals surface area contributed by atoms with Crippen LogP contribution in [0.5, 0.6) is 0 Å². The summed E-state index contributed by atoms with van der Waals surface area (Å²) in [6.45, 7) is 2.23. The Hall–Kier alpha value is -2.38. The molecule has 0 bridgehead atoms. The van der Waals surface area contributed by atoms with E-state index in [2.05, 4.69) is 15.3 Å². The molecule has 9 heteroatoms. The first-order valence-electron chi connectivity index (χ1n) is 8.69. The summed E-state index contributed by atoms with van der Waals surface area (Å²) in [5.41, 5.74) is 1.38. The molecule has 2 aromatic heterocycles. The second-order valence-corrected chi connectivity index (χ2v) is 7.42. The Morgan fingerprint density at radius 2 is 1.93 bits per heavy atom. The van der Waals surface area contributed by atoms with Gasteiger partial charge >= 0.3 is 0 Å². The lowest BCUT2D eigenvalue weighted by Crippen LogP contribution is -2.34. The average molecular weight is 405 g/mol. The number of likely N-dealkylation sites (N-methyl/N-ethyl adjacent to an activating group) is 1. The van der Waals surface area contributed by atoms with Gasteiger partial charge in [-0.25, -0.2) is 0 Å². The first-order valence-corrected chi connectivity index (χ1v) is 9.45. The number of nitrogens with zero attached hydrogens (tertiary/aromatic N) is 6. The monoisotopic (exact) mass is 404 g/mol. The van der Waals surface area contributed by atoms with E-state index >= 15 is 0 Å². The van der Waals surface area contributed by atoms with E-state index < -0.39 is 0 Å². The Bertz CT molecular complexity index is 984. The number of carbonyl (C=O) groups is 1. The number of benzene rings is 1. The van der Waals surface area contributed by atoms with Crippen LogP contribution in [0.15, 0.2) is 30.3 Å². The van der Waals surface area contributed by atoms with Crippen LogP contribution < -0.4 is 4.90 Å². The van der Waals surface area contributed by atoms with E-state index in [-0.39, 0.29) is 5.91 Å². The van der Waals surface area contributed by atoms with E-state index in [1.807, 2.05) is 29.0 Å².